The summed E-state index contributed by atoms with van der Waals surface area (Å²) in [5.74, 6) is -0.405. The van der Waals surface area contributed by atoms with Gasteiger partial charge in [-0.05, 0) is 24.3 Å². The van der Waals surface area contributed by atoms with Crippen molar-refractivity contribution >= 4 is 39.2 Å². The summed E-state index contributed by atoms with van der Waals surface area (Å²) in [5, 5.41) is 13.3. The Morgan fingerprint density at radius 3 is 2.81 bits per heavy atom. The number of para-hydroxylation sites is 1. The second-order valence-electron chi connectivity index (χ2n) is 4.29. The number of aromatic hydroxyl groups is 1. The van der Waals surface area contributed by atoms with E-state index in [1.54, 1.807) is 30.3 Å². The van der Waals surface area contributed by atoms with Crippen molar-refractivity contribution in [1.29, 1.82) is 0 Å². The quantitative estimate of drug-likeness (QED) is 0.792. The molecule has 0 saturated carbocycles. The number of halogens is 2. The summed E-state index contributed by atoms with van der Waals surface area (Å²) in [6.45, 7) is 0.318. The van der Waals surface area contributed by atoms with E-state index in [9.17, 15) is 9.90 Å². The lowest BCUT2D eigenvalue weighted by atomic mass is 10.1. The van der Waals surface area contributed by atoms with Crippen LogP contribution in [-0.4, -0.2) is 18.2 Å². The van der Waals surface area contributed by atoms with Gasteiger partial charge in [-0.15, -0.1) is 0 Å². The Labute approximate surface area is 135 Å². The van der Waals surface area contributed by atoms with E-state index in [2.05, 4.69) is 21.2 Å². The van der Waals surface area contributed by atoms with Gasteiger partial charge < -0.3 is 15.2 Å². The molecule has 0 atom stereocenters. The topological polar surface area (TPSA) is 58.6 Å². The predicted octanol–water partition coefficient (Wildman–Crippen LogP) is 4.21. The van der Waals surface area contributed by atoms with Gasteiger partial charge in [0.1, 0.15) is 5.75 Å². The smallest absolute Gasteiger partial charge is 0.339 e. The lowest BCUT2D eigenvalue weighted by Crippen LogP contribution is -2.08. The molecule has 2 rings (SSSR count). The first-order chi connectivity index (χ1) is 10.0. The molecule has 0 aromatic heterocycles. The maximum Gasteiger partial charge on any atom is 0.339 e. The van der Waals surface area contributed by atoms with Gasteiger partial charge in [-0.25, -0.2) is 4.79 Å². The fraction of sp³-hybridized carbons (Fsp3) is 0.133. The molecule has 0 aliphatic rings. The summed E-state index contributed by atoms with van der Waals surface area (Å²) in [5.41, 5.74) is 1.68. The van der Waals surface area contributed by atoms with E-state index in [0.29, 0.717) is 23.4 Å². The fourth-order valence-electron chi connectivity index (χ4n) is 1.87. The Balaban J connectivity index is 2.23. The lowest BCUT2D eigenvalue weighted by Gasteiger charge is -2.12. The molecule has 0 saturated heterocycles. The van der Waals surface area contributed by atoms with Crippen LogP contribution >= 0.6 is 27.5 Å². The maximum absolute atomic E-state index is 11.7. The Morgan fingerprint density at radius 1 is 1.38 bits per heavy atom. The molecule has 0 radical (unpaired) electrons. The molecule has 0 aliphatic carbocycles. The second kappa shape index (κ2) is 6.83. The molecule has 6 heteroatoms. The van der Waals surface area contributed by atoms with Crippen molar-refractivity contribution < 1.29 is 14.6 Å². The Hall–Kier alpha value is -1.72. The van der Waals surface area contributed by atoms with Crippen molar-refractivity contribution in [2.45, 2.75) is 6.54 Å². The third-order valence-electron chi connectivity index (χ3n) is 2.91. The molecular weight excluding hydrogens is 358 g/mol. The van der Waals surface area contributed by atoms with Gasteiger partial charge in [0.05, 0.1) is 17.7 Å². The fourth-order valence-corrected chi connectivity index (χ4v) is 2.75. The van der Waals surface area contributed by atoms with E-state index in [0.717, 1.165) is 4.47 Å². The number of hydrogen-bond donors (Lipinski definition) is 2. The minimum Gasteiger partial charge on any atom is -0.506 e. The first kappa shape index (κ1) is 15.7. The number of ether oxygens (including phenoxy) is 1. The Bertz CT molecular complexity index is 676. The number of phenols is 1. The number of phenolic OH excluding ortho intramolecular Hbond substituents is 1. The van der Waals surface area contributed by atoms with E-state index in [-0.39, 0.29) is 10.8 Å². The molecule has 0 amide bonds. The minimum atomic E-state index is -0.422. The van der Waals surface area contributed by atoms with Crippen LogP contribution in [0, 0.1) is 0 Å². The number of benzene rings is 2. The zero-order valence-corrected chi connectivity index (χ0v) is 13.5. The summed E-state index contributed by atoms with van der Waals surface area (Å²) in [7, 11) is 1.33. The van der Waals surface area contributed by atoms with Gasteiger partial charge in [0.25, 0.3) is 0 Å². The number of rotatable bonds is 4. The van der Waals surface area contributed by atoms with Crippen molar-refractivity contribution in [1.82, 2.24) is 0 Å². The molecule has 2 N–H and O–H groups in total. The molecule has 0 unspecified atom stereocenters. The van der Waals surface area contributed by atoms with Crippen LogP contribution in [0.25, 0.3) is 0 Å². The Morgan fingerprint density at radius 2 is 2.10 bits per heavy atom. The van der Waals surface area contributed by atoms with Crippen molar-refractivity contribution in [2.75, 3.05) is 12.4 Å². The van der Waals surface area contributed by atoms with E-state index in [4.69, 9.17) is 16.3 Å². The summed E-state index contributed by atoms with van der Waals surface area (Å²) in [4.78, 5) is 11.7. The van der Waals surface area contributed by atoms with Crippen molar-refractivity contribution in [3.63, 3.8) is 0 Å². The third kappa shape index (κ3) is 3.68. The van der Waals surface area contributed by atoms with Gasteiger partial charge in [-0.3, -0.25) is 0 Å². The highest BCUT2D eigenvalue weighted by Gasteiger charge is 2.12. The summed E-state index contributed by atoms with van der Waals surface area (Å²) in [6, 6.07) is 10.4. The molecule has 2 aromatic carbocycles. The summed E-state index contributed by atoms with van der Waals surface area (Å²) in [6.07, 6.45) is 0. The largest absolute Gasteiger partial charge is 0.506 e. The first-order valence-electron chi connectivity index (χ1n) is 6.11. The van der Waals surface area contributed by atoms with E-state index in [1.807, 2.05) is 6.07 Å². The first-order valence-corrected chi connectivity index (χ1v) is 7.28. The van der Waals surface area contributed by atoms with Crippen LogP contribution in [0.3, 0.4) is 0 Å². The van der Waals surface area contributed by atoms with Crippen LogP contribution in [0.1, 0.15) is 15.9 Å². The highest BCUT2D eigenvalue weighted by atomic mass is 79.9. The van der Waals surface area contributed by atoms with Gasteiger partial charge in [-0.1, -0.05) is 39.7 Å². The zero-order chi connectivity index (χ0) is 15.4. The zero-order valence-electron chi connectivity index (χ0n) is 11.2. The standard InChI is InChI=1S/C15H13BrClNO3/c1-21-15(20)11-4-2-3-5-13(11)18-8-9-6-10(16)7-12(17)14(9)19/h2-7,18-19H,8H2,1H3. The average Bonchev–Trinajstić information content (AvgIpc) is 2.49. The van der Waals surface area contributed by atoms with Gasteiger partial charge >= 0.3 is 5.97 Å². The second-order valence-corrected chi connectivity index (χ2v) is 5.61. The Kier molecular flexibility index (Phi) is 5.09. The van der Waals surface area contributed by atoms with E-state index < -0.39 is 5.97 Å². The van der Waals surface area contributed by atoms with Crippen molar-refractivity contribution in [3.8, 4) is 5.75 Å². The van der Waals surface area contributed by atoms with Crippen LogP contribution in [0.5, 0.6) is 5.75 Å². The van der Waals surface area contributed by atoms with Gasteiger partial charge in [0.2, 0.25) is 0 Å². The highest BCUT2D eigenvalue weighted by molar-refractivity contribution is 9.10. The SMILES string of the molecule is COC(=O)c1ccccc1NCc1cc(Br)cc(Cl)c1O. The minimum absolute atomic E-state index is 0.0166. The number of esters is 1. The number of hydrogen-bond acceptors (Lipinski definition) is 4. The van der Waals surface area contributed by atoms with Gasteiger partial charge in [0.15, 0.2) is 0 Å². The van der Waals surface area contributed by atoms with Gasteiger partial charge in [-0.2, -0.15) is 0 Å². The average molecular weight is 371 g/mol. The molecule has 0 bridgehead atoms. The molecule has 0 heterocycles. The van der Waals surface area contributed by atoms with Crippen LogP contribution < -0.4 is 5.32 Å². The monoisotopic (exact) mass is 369 g/mol. The van der Waals surface area contributed by atoms with Crippen molar-refractivity contribution in [3.05, 3.63) is 57.0 Å². The molecule has 2 aromatic rings. The maximum atomic E-state index is 11.7. The van der Waals surface area contributed by atoms with Crippen molar-refractivity contribution in [2.24, 2.45) is 0 Å². The highest BCUT2D eigenvalue weighted by Crippen LogP contribution is 2.32. The van der Waals surface area contributed by atoms with Crippen LogP contribution in [0.4, 0.5) is 5.69 Å². The van der Waals surface area contributed by atoms with Gasteiger partial charge in [0, 0.05) is 22.3 Å². The summed E-state index contributed by atoms with van der Waals surface area (Å²) >= 11 is 9.25. The number of nitrogens with one attached hydrogen (secondary N) is 1. The molecule has 21 heavy (non-hydrogen) atoms. The van der Waals surface area contributed by atoms with Crippen LogP contribution in [0.15, 0.2) is 40.9 Å². The predicted molar refractivity (Wildman–Crippen MR) is 85.9 cm³/mol. The lowest BCUT2D eigenvalue weighted by molar-refractivity contribution is 0.0602. The van der Waals surface area contributed by atoms with Crippen LogP contribution in [0.2, 0.25) is 5.02 Å². The number of anilines is 1. The molecule has 110 valence electrons. The van der Waals surface area contributed by atoms with E-state index >= 15 is 0 Å². The van der Waals surface area contributed by atoms with E-state index in [1.165, 1.54) is 7.11 Å². The summed E-state index contributed by atoms with van der Waals surface area (Å²) < 4.78 is 5.50. The molecule has 0 fully saturated rings. The normalized spacial score (nSPS) is 10.2. The molecule has 0 aliphatic heterocycles. The molecule has 4 nitrogen and oxygen atoms in total. The molecule has 0 spiro atoms. The number of methoxy groups -OCH3 is 1. The van der Waals surface area contributed by atoms with Crippen LogP contribution in [-0.2, 0) is 11.3 Å². The molecular formula is C15H13BrClNO3. The number of carbonyl (C=O) groups is 1. The third-order valence-corrected chi connectivity index (χ3v) is 3.65. The number of carbonyl (C=O) groups excluding carboxylic acids is 1.